The summed E-state index contributed by atoms with van der Waals surface area (Å²) < 4.78 is 32.0. The Balaban J connectivity index is 2.19. The Kier molecular flexibility index (Phi) is 5.95. The summed E-state index contributed by atoms with van der Waals surface area (Å²) >= 11 is 1.02. The number of nitrogens with two attached hydrogens (primary N) is 1. The Morgan fingerprint density at radius 1 is 1.15 bits per heavy atom. The number of para-hydroxylation sites is 1. The third-order valence-electron chi connectivity index (χ3n) is 3.05. The molecule has 0 bridgehead atoms. The Morgan fingerprint density at radius 2 is 1.85 bits per heavy atom. The number of thiophene rings is 1. The Morgan fingerprint density at radius 3 is 2.46 bits per heavy atom. The fourth-order valence-corrected chi connectivity index (χ4v) is 3.93. The average molecular weight is 397 g/mol. The topological polar surface area (TPSA) is 145 Å². The highest BCUT2D eigenvalue weighted by molar-refractivity contribution is 7.94. The normalized spacial score (nSPS) is 12.0. The van der Waals surface area contributed by atoms with E-state index in [2.05, 4.69) is 4.72 Å². The summed E-state index contributed by atoms with van der Waals surface area (Å²) in [4.78, 5) is 34.5. The van der Waals surface area contributed by atoms with Gasteiger partial charge >= 0.3 is 12.0 Å². The van der Waals surface area contributed by atoms with Gasteiger partial charge in [-0.25, -0.2) is 18.0 Å². The van der Waals surface area contributed by atoms with Crippen LogP contribution in [0, 0.1) is 0 Å². The highest BCUT2D eigenvalue weighted by Gasteiger charge is 2.24. The number of hydrogen-bond acceptors (Lipinski definition) is 7. The number of carbonyl (C=O) groups is 3. The molecule has 0 saturated heterocycles. The van der Waals surface area contributed by atoms with E-state index in [0.717, 1.165) is 11.3 Å². The maximum atomic E-state index is 12.3. The number of nitrogens with one attached hydrogen (secondary N) is 2. The van der Waals surface area contributed by atoms with Crippen molar-refractivity contribution >= 4 is 45.0 Å². The van der Waals surface area contributed by atoms with Crippen LogP contribution in [0.2, 0.25) is 0 Å². The summed E-state index contributed by atoms with van der Waals surface area (Å²) in [5.41, 5.74) is 4.73. The van der Waals surface area contributed by atoms with Crippen molar-refractivity contribution in [2.45, 2.75) is 17.2 Å². The van der Waals surface area contributed by atoms with Gasteiger partial charge in [-0.05, 0) is 30.5 Å². The first-order chi connectivity index (χ1) is 12.2. The van der Waals surface area contributed by atoms with Crippen molar-refractivity contribution in [2.24, 2.45) is 5.73 Å². The van der Waals surface area contributed by atoms with Crippen LogP contribution in [0.5, 0.6) is 0 Å². The molecule has 4 N–H and O–H groups in total. The molecule has 2 aromatic rings. The molecule has 1 heterocycles. The standard InChI is InChI=1S/C15H15N3O6S2/c1-9(13(19)17-15(16)21)24-14(20)10-5-2-3-6-11(10)18-26(22,23)12-7-4-8-25-12/h2-9,18H,1H3,(H3,16,17,19,21). The quantitative estimate of drug-likeness (QED) is 0.626. The van der Waals surface area contributed by atoms with Crippen molar-refractivity contribution in [3.63, 3.8) is 0 Å². The number of amides is 3. The second kappa shape index (κ2) is 7.97. The highest BCUT2D eigenvalue weighted by Crippen LogP contribution is 2.23. The van der Waals surface area contributed by atoms with Crippen molar-refractivity contribution in [3.8, 4) is 0 Å². The summed E-state index contributed by atoms with van der Waals surface area (Å²) in [7, 11) is -3.87. The molecule has 0 fully saturated rings. The van der Waals surface area contributed by atoms with Crippen LogP contribution in [0.3, 0.4) is 0 Å². The van der Waals surface area contributed by atoms with Gasteiger partial charge in [-0.15, -0.1) is 11.3 Å². The summed E-state index contributed by atoms with van der Waals surface area (Å²) in [6.45, 7) is 1.24. The minimum Gasteiger partial charge on any atom is -0.449 e. The number of esters is 1. The van der Waals surface area contributed by atoms with Gasteiger partial charge < -0.3 is 10.5 Å². The van der Waals surface area contributed by atoms with Crippen LogP contribution in [-0.4, -0.2) is 32.4 Å². The zero-order chi connectivity index (χ0) is 19.3. The van der Waals surface area contributed by atoms with E-state index in [0.29, 0.717) is 0 Å². The van der Waals surface area contributed by atoms with E-state index in [1.165, 1.54) is 37.3 Å². The number of carbonyl (C=O) groups excluding carboxylic acids is 3. The number of hydrogen-bond donors (Lipinski definition) is 3. The first-order valence-electron chi connectivity index (χ1n) is 7.17. The predicted molar refractivity (Wildman–Crippen MR) is 94.2 cm³/mol. The van der Waals surface area contributed by atoms with Gasteiger partial charge in [-0.3, -0.25) is 14.8 Å². The van der Waals surface area contributed by atoms with Crippen LogP contribution < -0.4 is 15.8 Å². The fraction of sp³-hybridized carbons (Fsp3) is 0.133. The van der Waals surface area contributed by atoms with Crippen LogP contribution in [0.15, 0.2) is 46.0 Å². The molecular weight excluding hydrogens is 382 g/mol. The Labute approximate surface area is 153 Å². The number of rotatable bonds is 6. The van der Waals surface area contributed by atoms with Crippen LogP contribution in [0.25, 0.3) is 0 Å². The van der Waals surface area contributed by atoms with Gasteiger partial charge in [0.25, 0.3) is 15.9 Å². The first-order valence-corrected chi connectivity index (χ1v) is 9.53. The molecule has 0 aliphatic heterocycles. The molecule has 138 valence electrons. The van der Waals surface area contributed by atoms with E-state index in [4.69, 9.17) is 10.5 Å². The zero-order valence-electron chi connectivity index (χ0n) is 13.5. The Hall–Kier alpha value is -2.92. The minimum absolute atomic E-state index is 0.00610. The van der Waals surface area contributed by atoms with E-state index in [9.17, 15) is 22.8 Å². The van der Waals surface area contributed by atoms with Crippen molar-refractivity contribution in [1.29, 1.82) is 0 Å². The SMILES string of the molecule is CC(OC(=O)c1ccccc1NS(=O)(=O)c1cccs1)C(=O)NC(N)=O. The highest BCUT2D eigenvalue weighted by atomic mass is 32.2. The third kappa shape index (κ3) is 4.80. The van der Waals surface area contributed by atoms with E-state index in [1.807, 2.05) is 0 Å². The summed E-state index contributed by atoms with van der Waals surface area (Å²) in [6.07, 6.45) is -1.31. The molecule has 26 heavy (non-hydrogen) atoms. The second-order valence-corrected chi connectivity index (χ2v) is 7.84. The maximum absolute atomic E-state index is 12.3. The van der Waals surface area contributed by atoms with Gasteiger partial charge in [0, 0.05) is 0 Å². The van der Waals surface area contributed by atoms with Gasteiger partial charge in [-0.1, -0.05) is 18.2 Å². The lowest BCUT2D eigenvalue weighted by molar-refractivity contribution is -0.127. The average Bonchev–Trinajstić information content (AvgIpc) is 3.09. The van der Waals surface area contributed by atoms with Crippen molar-refractivity contribution in [1.82, 2.24) is 5.32 Å². The Bertz CT molecular complexity index is 925. The lowest BCUT2D eigenvalue weighted by atomic mass is 10.2. The van der Waals surface area contributed by atoms with E-state index >= 15 is 0 Å². The molecule has 3 amide bonds. The van der Waals surface area contributed by atoms with E-state index in [-0.39, 0.29) is 15.5 Å². The molecule has 1 aromatic heterocycles. The molecule has 0 saturated carbocycles. The second-order valence-electron chi connectivity index (χ2n) is 4.98. The molecule has 0 radical (unpaired) electrons. The maximum Gasteiger partial charge on any atom is 0.341 e. The molecule has 1 unspecified atom stereocenters. The molecule has 9 nitrogen and oxygen atoms in total. The van der Waals surface area contributed by atoms with Crippen LogP contribution in [-0.2, 0) is 19.6 Å². The third-order valence-corrected chi connectivity index (χ3v) is 5.81. The van der Waals surface area contributed by atoms with E-state index in [1.54, 1.807) is 16.8 Å². The van der Waals surface area contributed by atoms with Gasteiger partial charge in [0.05, 0.1) is 11.3 Å². The summed E-state index contributed by atoms with van der Waals surface area (Å²) in [5, 5.41) is 3.39. The zero-order valence-corrected chi connectivity index (χ0v) is 15.1. The lowest BCUT2D eigenvalue weighted by Gasteiger charge is -2.14. The van der Waals surface area contributed by atoms with Crippen LogP contribution >= 0.6 is 11.3 Å². The van der Waals surface area contributed by atoms with E-state index < -0.39 is 34.0 Å². The molecule has 0 aliphatic rings. The van der Waals surface area contributed by atoms with Gasteiger partial charge in [0.15, 0.2) is 6.10 Å². The number of imide groups is 1. The number of benzene rings is 1. The summed E-state index contributed by atoms with van der Waals surface area (Å²) in [6, 6.07) is 7.69. The number of sulfonamides is 1. The van der Waals surface area contributed by atoms with Crippen molar-refractivity contribution in [2.75, 3.05) is 4.72 Å². The van der Waals surface area contributed by atoms with Gasteiger partial charge in [0.2, 0.25) is 0 Å². The fourth-order valence-electron chi connectivity index (χ4n) is 1.86. The molecular formula is C15H15N3O6S2. The van der Waals surface area contributed by atoms with Crippen molar-refractivity contribution < 1.29 is 27.5 Å². The van der Waals surface area contributed by atoms with Crippen LogP contribution in [0.1, 0.15) is 17.3 Å². The predicted octanol–water partition coefficient (Wildman–Crippen LogP) is 1.29. The molecule has 1 aromatic carbocycles. The lowest BCUT2D eigenvalue weighted by Crippen LogP contribution is -2.42. The monoisotopic (exact) mass is 397 g/mol. The minimum atomic E-state index is -3.87. The number of ether oxygens (including phenoxy) is 1. The molecule has 0 spiro atoms. The number of anilines is 1. The molecule has 2 rings (SSSR count). The molecule has 11 heteroatoms. The molecule has 1 atom stereocenters. The first kappa shape index (κ1) is 19.4. The summed E-state index contributed by atoms with van der Waals surface area (Å²) in [5.74, 6) is -1.84. The van der Waals surface area contributed by atoms with Crippen LogP contribution in [0.4, 0.5) is 10.5 Å². The van der Waals surface area contributed by atoms with Gasteiger partial charge in [0.1, 0.15) is 4.21 Å². The largest absolute Gasteiger partial charge is 0.449 e. The van der Waals surface area contributed by atoms with Crippen molar-refractivity contribution in [3.05, 3.63) is 47.3 Å². The smallest absolute Gasteiger partial charge is 0.341 e. The van der Waals surface area contributed by atoms with Gasteiger partial charge in [-0.2, -0.15) is 0 Å². The molecule has 0 aliphatic carbocycles. The number of primary amides is 1. The number of urea groups is 1.